The molecular weight excluding hydrogens is 166 g/mol. The second-order valence-electron chi connectivity index (χ2n) is 2.90. The van der Waals surface area contributed by atoms with Gasteiger partial charge in [-0.1, -0.05) is 27.7 Å². The summed E-state index contributed by atoms with van der Waals surface area (Å²) in [6.07, 6.45) is 0.429. The highest BCUT2D eigenvalue weighted by Crippen LogP contribution is 1.90. The van der Waals surface area contributed by atoms with E-state index in [4.69, 9.17) is 0 Å². The van der Waals surface area contributed by atoms with E-state index in [1.54, 1.807) is 0 Å². The van der Waals surface area contributed by atoms with Crippen LogP contribution in [0.4, 0.5) is 0 Å². The fourth-order valence-electron chi connectivity index (χ4n) is 0.566. The Kier molecular flexibility index (Phi) is 10.4. The van der Waals surface area contributed by atoms with Gasteiger partial charge < -0.3 is 5.32 Å². The van der Waals surface area contributed by atoms with Gasteiger partial charge in [0.25, 0.3) is 0 Å². The van der Waals surface area contributed by atoms with Crippen LogP contribution in [0.15, 0.2) is 0 Å². The molecule has 0 aromatic heterocycles. The van der Waals surface area contributed by atoms with Crippen molar-refractivity contribution in [3.8, 4) is 0 Å². The summed E-state index contributed by atoms with van der Waals surface area (Å²) in [6, 6.07) is 0. The Balaban J connectivity index is -0.000000376. The van der Waals surface area contributed by atoms with Gasteiger partial charge in [0.1, 0.15) is 5.78 Å². The average Bonchev–Trinajstić information content (AvgIpc) is 2.07. The van der Waals surface area contributed by atoms with Crippen molar-refractivity contribution in [2.45, 2.75) is 41.0 Å². The normalized spacial score (nSPS) is 8.77. The van der Waals surface area contributed by atoms with E-state index >= 15 is 0 Å². The fraction of sp³-hybridized carbons (Fsp3) is 0.800. The number of carbonyl (C=O) groups is 2. The van der Waals surface area contributed by atoms with Crippen LogP contribution in [0.1, 0.15) is 42.5 Å². The fourth-order valence-corrected chi connectivity index (χ4v) is 0.566. The van der Waals surface area contributed by atoms with Crippen molar-refractivity contribution >= 4 is 11.7 Å². The molecule has 0 saturated carbocycles. The molecule has 0 aromatic carbocycles. The number of hydrogen-bond donors (Lipinski definition) is 1. The second kappa shape index (κ2) is 9.23. The van der Waals surface area contributed by atoms with Gasteiger partial charge in [0.15, 0.2) is 0 Å². The van der Waals surface area contributed by atoms with E-state index in [0.29, 0.717) is 13.0 Å². The lowest BCUT2D eigenvalue weighted by molar-refractivity contribution is -0.124. The van der Waals surface area contributed by atoms with Crippen molar-refractivity contribution in [2.24, 2.45) is 5.92 Å². The predicted molar refractivity (Wildman–Crippen MR) is 56.6 cm³/mol. The topological polar surface area (TPSA) is 46.2 Å². The van der Waals surface area contributed by atoms with Crippen molar-refractivity contribution in [3.63, 3.8) is 0 Å². The Labute approximate surface area is 82.4 Å². The highest BCUT2D eigenvalue weighted by atomic mass is 16.2. The van der Waals surface area contributed by atoms with Crippen LogP contribution in [0.5, 0.6) is 0 Å². The monoisotopic (exact) mass is 189 g/mol. The van der Waals surface area contributed by atoms with E-state index in [2.05, 4.69) is 5.32 Å². The van der Waals surface area contributed by atoms with E-state index < -0.39 is 0 Å². The standard InChI is InChI=1S/C8H15NO2.C2H6.H2/c1-6(2)8(11)9-5-4-7(3)10;1-2;/h6H,4-5H2,1-3H3,(H,9,11);1-2H3;1H. The lowest BCUT2D eigenvalue weighted by Gasteiger charge is -2.05. The number of hydrogen-bond acceptors (Lipinski definition) is 2. The van der Waals surface area contributed by atoms with Gasteiger partial charge in [-0.2, -0.15) is 0 Å². The zero-order valence-electron chi connectivity index (χ0n) is 9.31. The largest absolute Gasteiger partial charge is 0.355 e. The third kappa shape index (κ3) is 11.1. The van der Waals surface area contributed by atoms with Gasteiger partial charge in [-0.3, -0.25) is 9.59 Å². The molecule has 1 N–H and O–H groups in total. The first-order valence-electron chi connectivity index (χ1n) is 4.81. The molecule has 3 heteroatoms. The second-order valence-corrected chi connectivity index (χ2v) is 2.90. The maximum atomic E-state index is 10.9. The Morgan fingerprint density at radius 1 is 1.31 bits per heavy atom. The zero-order chi connectivity index (χ0) is 10.9. The molecule has 13 heavy (non-hydrogen) atoms. The molecule has 1 amide bonds. The van der Waals surface area contributed by atoms with E-state index in [1.807, 2.05) is 27.7 Å². The number of nitrogens with one attached hydrogen (secondary N) is 1. The van der Waals surface area contributed by atoms with Crippen molar-refractivity contribution < 1.29 is 11.0 Å². The molecule has 0 saturated heterocycles. The Morgan fingerprint density at radius 3 is 2.08 bits per heavy atom. The molecule has 0 fully saturated rings. The van der Waals surface area contributed by atoms with Gasteiger partial charge in [0.05, 0.1) is 0 Å². The Hall–Kier alpha value is -0.860. The smallest absolute Gasteiger partial charge is 0.222 e. The molecule has 0 aromatic rings. The first-order chi connectivity index (χ1) is 6.04. The number of ketones is 1. The number of amides is 1. The first kappa shape index (κ1) is 14.7. The van der Waals surface area contributed by atoms with E-state index in [-0.39, 0.29) is 19.0 Å². The van der Waals surface area contributed by atoms with Crippen LogP contribution in [-0.2, 0) is 9.59 Å². The summed E-state index contributed by atoms with van der Waals surface area (Å²) in [6.45, 7) is 9.63. The molecule has 0 heterocycles. The molecule has 0 spiro atoms. The van der Waals surface area contributed by atoms with E-state index in [0.717, 1.165) is 0 Å². The summed E-state index contributed by atoms with van der Waals surface area (Å²) in [5.74, 6) is 0.113. The van der Waals surface area contributed by atoms with E-state index in [9.17, 15) is 9.59 Å². The number of Topliss-reactive ketones (excluding diaryl/α,β-unsaturated/α-hetero) is 1. The van der Waals surface area contributed by atoms with Crippen LogP contribution in [0.25, 0.3) is 0 Å². The minimum atomic E-state index is 0. The molecule has 0 aliphatic rings. The van der Waals surface area contributed by atoms with Gasteiger partial charge in [-0.15, -0.1) is 0 Å². The number of rotatable bonds is 4. The zero-order valence-corrected chi connectivity index (χ0v) is 9.31. The van der Waals surface area contributed by atoms with Crippen molar-refractivity contribution in [3.05, 3.63) is 0 Å². The van der Waals surface area contributed by atoms with Crippen molar-refractivity contribution in [2.75, 3.05) is 6.54 Å². The molecule has 0 bridgehead atoms. The summed E-state index contributed by atoms with van der Waals surface area (Å²) in [5.41, 5.74) is 0. The Morgan fingerprint density at radius 2 is 1.77 bits per heavy atom. The SMILES string of the molecule is CC.CC(=O)CCNC(=O)C(C)C.[HH]. The number of carbonyl (C=O) groups excluding carboxylic acids is 2. The maximum absolute atomic E-state index is 10.9. The summed E-state index contributed by atoms with van der Waals surface area (Å²) < 4.78 is 0. The van der Waals surface area contributed by atoms with Gasteiger partial charge in [-0.05, 0) is 6.92 Å². The minimum absolute atomic E-state index is 0. The Bertz CT molecular complexity index is 158. The molecule has 80 valence electrons. The maximum Gasteiger partial charge on any atom is 0.222 e. The van der Waals surface area contributed by atoms with Crippen molar-refractivity contribution in [1.29, 1.82) is 0 Å². The van der Waals surface area contributed by atoms with Crippen molar-refractivity contribution in [1.82, 2.24) is 5.32 Å². The average molecular weight is 189 g/mol. The molecule has 0 aliphatic carbocycles. The predicted octanol–water partition coefficient (Wildman–Crippen LogP) is 2.01. The van der Waals surface area contributed by atoms with Gasteiger partial charge >= 0.3 is 0 Å². The summed E-state index contributed by atoms with van der Waals surface area (Å²) in [7, 11) is 0. The molecule has 0 radical (unpaired) electrons. The lowest BCUT2D eigenvalue weighted by atomic mass is 10.2. The third-order valence-electron chi connectivity index (χ3n) is 1.30. The lowest BCUT2D eigenvalue weighted by Crippen LogP contribution is -2.29. The third-order valence-corrected chi connectivity index (χ3v) is 1.30. The highest BCUT2D eigenvalue weighted by molar-refractivity contribution is 5.79. The molecule has 0 atom stereocenters. The van der Waals surface area contributed by atoms with Crippen LogP contribution < -0.4 is 5.32 Å². The van der Waals surface area contributed by atoms with Gasteiger partial charge in [-0.25, -0.2) is 0 Å². The minimum Gasteiger partial charge on any atom is -0.355 e. The molecule has 3 nitrogen and oxygen atoms in total. The molecule has 0 rings (SSSR count). The van der Waals surface area contributed by atoms with Gasteiger partial charge in [0.2, 0.25) is 5.91 Å². The van der Waals surface area contributed by atoms with E-state index in [1.165, 1.54) is 6.92 Å². The molecular formula is C10H23NO2. The summed E-state index contributed by atoms with van der Waals surface area (Å²) in [4.78, 5) is 21.3. The van der Waals surface area contributed by atoms with Crippen LogP contribution in [0.2, 0.25) is 0 Å². The van der Waals surface area contributed by atoms with Crippen LogP contribution in [0, 0.1) is 5.92 Å². The summed E-state index contributed by atoms with van der Waals surface area (Å²) >= 11 is 0. The first-order valence-corrected chi connectivity index (χ1v) is 4.81. The molecule has 0 aliphatic heterocycles. The summed E-state index contributed by atoms with van der Waals surface area (Å²) in [5, 5.41) is 2.65. The molecule has 0 unspecified atom stereocenters. The highest BCUT2D eigenvalue weighted by Gasteiger charge is 2.04. The van der Waals surface area contributed by atoms with Crippen LogP contribution in [0.3, 0.4) is 0 Å². The van der Waals surface area contributed by atoms with Gasteiger partial charge in [0, 0.05) is 20.3 Å². The van der Waals surface area contributed by atoms with Crippen LogP contribution in [-0.4, -0.2) is 18.2 Å². The quantitative estimate of drug-likeness (QED) is 0.735. The van der Waals surface area contributed by atoms with Crippen LogP contribution >= 0.6 is 0 Å².